The zero-order valence-corrected chi connectivity index (χ0v) is 12.7. The molecule has 0 radical (unpaired) electrons. The minimum Gasteiger partial charge on any atom is -0.368 e. The maximum atomic E-state index is 11.6. The van der Waals surface area contributed by atoms with E-state index in [2.05, 4.69) is 35.1 Å². The third-order valence-electron chi connectivity index (χ3n) is 4.60. The summed E-state index contributed by atoms with van der Waals surface area (Å²) < 4.78 is 0. The quantitative estimate of drug-likeness (QED) is 0.923. The van der Waals surface area contributed by atoms with Crippen LogP contribution >= 0.6 is 0 Å². The molecule has 3 heteroatoms. The van der Waals surface area contributed by atoms with E-state index in [1.54, 1.807) is 0 Å². The van der Waals surface area contributed by atoms with Crippen LogP contribution in [0.25, 0.3) is 0 Å². The molecule has 1 unspecified atom stereocenters. The molecule has 1 N–H and O–H groups in total. The van der Waals surface area contributed by atoms with E-state index in [4.69, 9.17) is 0 Å². The molecule has 1 fully saturated rings. The van der Waals surface area contributed by atoms with Gasteiger partial charge in [-0.2, -0.15) is 0 Å². The van der Waals surface area contributed by atoms with Crippen LogP contribution in [0.4, 0.5) is 0 Å². The van der Waals surface area contributed by atoms with Crippen LogP contribution in [0.5, 0.6) is 0 Å². The lowest BCUT2D eigenvalue weighted by molar-refractivity contribution is -0.102. The van der Waals surface area contributed by atoms with Gasteiger partial charge in [-0.05, 0) is 25.5 Å². The van der Waals surface area contributed by atoms with E-state index in [-0.39, 0.29) is 0 Å². The highest BCUT2D eigenvalue weighted by molar-refractivity contribution is 5.35. The minimum absolute atomic E-state index is 0.892. The molecule has 0 aromatic heterocycles. The molecule has 0 amide bonds. The molecular formula is C18H24N2O. The first-order valence-electron chi connectivity index (χ1n) is 7.79. The van der Waals surface area contributed by atoms with Crippen molar-refractivity contribution in [3.05, 3.63) is 59.7 Å². The molecular weight excluding hydrogens is 260 g/mol. The van der Waals surface area contributed by atoms with Gasteiger partial charge in [0, 0.05) is 31.7 Å². The van der Waals surface area contributed by atoms with Gasteiger partial charge < -0.3 is 10.0 Å². The van der Waals surface area contributed by atoms with Crippen molar-refractivity contribution in [2.75, 3.05) is 33.2 Å². The second kappa shape index (κ2) is 6.14. The predicted octanol–water partition coefficient (Wildman–Crippen LogP) is 2.36. The number of aliphatic hydroxyl groups is 1. The van der Waals surface area contributed by atoms with Gasteiger partial charge in [0.05, 0.1) is 0 Å². The Morgan fingerprint density at radius 2 is 1.76 bits per heavy atom. The van der Waals surface area contributed by atoms with Crippen LogP contribution in [0.15, 0.2) is 54.1 Å². The van der Waals surface area contributed by atoms with E-state index >= 15 is 0 Å². The van der Waals surface area contributed by atoms with Crippen molar-refractivity contribution >= 4 is 0 Å². The molecule has 0 saturated carbocycles. The zero-order chi connectivity index (χ0) is 14.7. The normalized spacial score (nSPS) is 23.6. The number of piperazine rings is 1. The molecule has 0 spiro atoms. The van der Waals surface area contributed by atoms with E-state index in [9.17, 15) is 5.11 Å². The molecule has 1 aliphatic carbocycles. The molecule has 1 aromatic rings. The highest BCUT2D eigenvalue weighted by atomic mass is 16.3. The third kappa shape index (κ3) is 2.82. The van der Waals surface area contributed by atoms with Crippen LogP contribution in [0.1, 0.15) is 18.4 Å². The molecule has 2 aliphatic rings. The summed E-state index contributed by atoms with van der Waals surface area (Å²) in [6.45, 7) is 3.78. The lowest BCUT2D eigenvalue weighted by atomic mass is 9.87. The molecule has 1 saturated heterocycles. The molecule has 1 aromatic carbocycles. The zero-order valence-electron chi connectivity index (χ0n) is 12.7. The number of hydrogen-bond acceptors (Lipinski definition) is 3. The molecule has 1 atom stereocenters. The summed E-state index contributed by atoms with van der Waals surface area (Å²) in [5.41, 5.74) is 1.13. The molecule has 21 heavy (non-hydrogen) atoms. The number of likely N-dealkylation sites (N-methyl/N-ethyl adjacent to an activating group) is 1. The van der Waals surface area contributed by atoms with E-state index in [1.807, 2.05) is 30.3 Å². The van der Waals surface area contributed by atoms with Crippen molar-refractivity contribution in [3.8, 4) is 0 Å². The first kappa shape index (κ1) is 14.5. The highest BCUT2D eigenvalue weighted by Gasteiger charge is 2.40. The van der Waals surface area contributed by atoms with Crippen LogP contribution in [-0.4, -0.2) is 48.1 Å². The van der Waals surface area contributed by atoms with Crippen LogP contribution in [-0.2, 0) is 5.72 Å². The van der Waals surface area contributed by atoms with Crippen LogP contribution in [0, 0.1) is 0 Å². The van der Waals surface area contributed by atoms with Crippen molar-refractivity contribution in [1.29, 1.82) is 0 Å². The van der Waals surface area contributed by atoms with E-state index < -0.39 is 5.72 Å². The number of hydrogen-bond donors (Lipinski definition) is 1. The topological polar surface area (TPSA) is 26.7 Å². The van der Waals surface area contributed by atoms with E-state index in [0.717, 1.165) is 50.2 Å². The lowest BCUT2D eigenvalue weighted by Gasteiger charge is -2.45. The Bertz CT molecular complexity index is 529. The molecule has 3 rings (SSSR count). The van der Waals surface area contributed by atoms with Gasteiger partial charge in [0.15, 0.2) is 5.72 Å². The van der Waals surface area contributed by atoms with Gasteiger partial charge in [-0.15, -0.1) is 0 Å². The number of nitrogens with zero attached hydrogens (tertiary/aromatic N) is 2. The summed E-state index contributed by atoms with van der Waals surface area (Å²) in [4.78, 5) is 4.55. The van der Waals surface area contributed by atoms with Gasteiger partial charge >= 0.3 is 0 Å². The second-order valence-corrected chi connectivity index (χ2v) is 5.99. The first-order chi connectivity index (χ1) is 10.2. The smallest absolute Gasteiger partial charge is 0.167 e. The molecule has 3 nitrogen and oxygen atoms in total. The number of rotatable bonds is 3. The lowest BCUT2D eigenvalue weighted by Crippen LogP contribution is -2.55. The van der Waals surface area contributed by atoms with Gasteiger partial charge in [-0.1, -0.05) is 48.6 Å². The Balaban J connectivity index is 1.98. The average molecular weight is 284 g/mol. The fraction of sp³-hybridized carbons (Fsp3) is 0.444. The van der Waals surface area contributed by atoms with Crippen molar-refractivity contribution in [2.45, 2.75) is 18.6 Å². The van der Waals surface area contributed by atoms with Gasteiger partial charge in [-0.3, -0.25) is 4.90 Å². The molecule has 1 heterocycles. The summed E-state index contributed by atoms with van der Waals surface area (Å²) in [5, 5.41) is 11.6. The fourth-order valence-corrected chi connectivity index (χ4v) is 3.26. The Morgan fingerprint density at radius 1 is 1.05 bits per heavy atom. The third-order valence-corrected chi connectivity index (χ3v) is 4.60. The predicted molar refractivity (Wildman–Crippen MR) is 85.9 cm³/mol. The maximum absolute atomic E-state index is 11.6. The fourth-order valence-electron chi connectivity index (χ4n) is 3.26. The van der Waals surface area contributed by atoms with Gasteiger partial charge in [-0.25, -0.2) is 0 Å². The number of allylic oxidation sites excluding steroid dienone is 3. The molecule has 112 valence electrons. The van der Waals surface area contributed by atoms with Gasteiger partial charge in [0.1, 0.15) is 0 Å². The van der Waals surface area contributed by atoms with E-state index in [0.29, 0.717) is 0 Å². The Kier molecular flexibility index (Phi) is 4.24. The SMILES string of the molecule is CN1CCN(C(O)(C2=CC=CCC2)c2ccccc2)CC1. The second-order valence-electron chi connectivity index (χ2n) is 5.99. The Labute approximate surface area is 127 Å². The monoisotopic (exact) mass is 284 g/mol. The summed E-state index contributed by atoms with van der Waals surface area (Å²) in [7, 11) is 2.14. The average Bonchev–Trinajstić information content (AvgIpc) is 2.56. The highest BCUT2D eigenvalue weighted by Crippen LogP contribution is 2.37. The Morgan fingerprint density at radius 3 is 2.38 bits per heavy atom. The van der Waals surface area contributed by atoms with Crippen molar-refractivity contribution in [1.82, 2.24) is 9.80 Å². The first-order valence-corrected chi connectivity index (χ1v) is 7.79. The Hall–Kier alpha value is -1.42. The van der Waals surface area contributed by atoms with Crippen LogP contribution in [0.3, 0.4) is 0 Å². The summed E-state index contributed by atoms with van der Waals surface area (Å²) in [5.74, 6) is 0. The maximum Gasteiger partial charge on any atom is 0.167 e. The van der Waals surface area contributed by atoms with Crippen LogP contribution < -0.4 is 0 Å². The summed E-state index contributed by atoms with van der Waals surface area (Å²) in [6.07, 6.45) is 8.26. The van der Waals surface area contributed by atoms with Crippen molar-refractivity contribution < 1.29 is 5.11 Å². The molecule has 1 aliphatic heterocycles. The van der Waals surface area contributed by atoms with E-state index in [1.165, 1.54) is 0 Å². The van der Waals surface area contributed by atoms with Crippen LogP contribution in [0.2, 0.25) is 0 Å². The largest absolute Gasteiger partial charge is 0.368 e. The summed E-state index contributed by atoms with van der Waals surface area (Å²) >= 11 is 0. The summed E-state index contributed by atoms with van der Waals surface area (Å²) in [6, 6.07) is 10.1. The van der Waals surface area contributed by atoms with Crippen molar-refractivity contribution in [2.24, 2.45) is 0 Å². The standard InChI is InChI=1S/C18H24N2O/c1-19-12-14-20(15-13-19)18(21,16-8-4-2-5-9-16)17-10-6-3-7-11-17/h2-6,8-10,21H,7,11-15H2,1H3. The minimum atomic E-state index is -0.965. The van der Waals surface area contributed by atoms with Crippen molar-refractivity contribution in [3.63, 3.8) is 0 Å². The number of benzene rings is 1. The van der Waals surface area contributed by atoms with Gasteiger partial charge in [0.25, 0.3) is 0 Å². The van der Waals surface area contributed by atoms with Gasteiger partial charge in [0.2, 0.25) is 0 Å². The molecule has 0 bridgehead atoms.